The number of carbonyl (C=O) groups excluding carboxylic acids is 3. The van der Waals surface area contributed by atoms with Crippen molar-refractivity contribution in [3.05, 3.63) is 125 Å². The van der Waals surface area contributed by atoms with Crippen LogP contribution in [-0.2, 0) is 45.9 Å². The summed E-state index contributed by atoms with van der Waals surface area (Å²) in [6.45, 7) is 5.25. The Bertz CT molecular complexity index is 2210. The summed E-state index contributed by atoms with van der Waals surface area (Å²) in [6.07, 6.45) is 5.88. The van der Waals surface area contributed by atoms with E-state index in [4.69, 9.17) is 9.47 Å². The third kappa shape index (κ3) is 8.36. The first kappa shape index (κ1) is 41.6. The van der Waals surface area contributed by atoms with E-state index in [0.29, 0.717) is 61.6 Å². The molecule has 4 N–H and O–H groups in total. The van der Waals surface area contributed by atoms with Crippen LogP contribution in [0, 0.1) is 5.92 Å². The number of unbranched alkanes of at least 4 members (excludes halogenated alkanes) is 1. The topological polar surface area (TPSA) is 152 Å². The van der Waals surface area contributed by atoms with Crippen LogP contribution in [0.25, 0.3) is 0 Å². The van der Waals surface area contributed by atoms with Gasteiger partial charge < -0.3 is 39.9 Å². The van der Waals surface area contributed by atoms with Gasteiger partial charge in [-0.2, -0.15) is 0 Å². The lowest BCUT2D eigenvalue weighted by Crippen LogP contribution is -2.49. The zero-order valence-corrected chi connectivity index (χ0v) is 34.0. The van der Waals surface area contributed by atoms with Gasteiger partial charge in [0.1, 0.15) is 11.5 Å². The molecular formula is C47H54N4O8. The maximum atomic E-state index is 14.5. The predicted octanol–water partition coefficient (Wildman–Crippen LogP) is 5.31. The zero-order chi connectivity index (χ0) is 41.7. The Labute approximate surface area is 345 Å². The van der Waals surface area contributed by atoms with E-state index in [1.54, 1.807) is 52.0 Å². The number of amides is 3. The molecule has 3 aliphatic rings. The van der Waals surface area contributed by atoms with Crippen molar-refractivity contribution in [1.82, 2.24) is 10.2 Å². The van der Waals surface area contributed by atoms with E-state index >= 15 is 0 Å². The van der Waals surface area contributed by atoms with Crippen LogP contribution in [0.4, 0.5) is 17.1 Å². The van der Waals surface area contributed by atoms with Crippen molar-refractivity contribution in [3.63, 3.8) is 0 Å². The number of nitrogens with zero attached hydrogens (tertiary/aromatic N) is 3. The van der Waals surface area contributed by atoms with Crippen molar-refractivity contribution >= 4 is 34.8 Å². The number of fused-ring (bicyclic) bond motifs is 3. The first-order chi connectivity index (χ1) is 28.6. The molecular weight excluding hydrogens is 749 g/mol. The van der Waals surface area contributed by atoms with Gasteiger partial charge in [-0.05, 0) is 110 Å². The van der Waals surface area contributed by atoms with Crippen molar-refractivity contribution in [2.75, 3.05) is 43.3 Å². The van der Waals surface area contributed by atoms with Crippen molar-refractivity contribution in [2.45, 2.75) is 76.7 Å². The van der Waals surface area contributed by atoms with E-state index < -0.39 is 23.5 Å². The third-order valence-corrected chi connectivity index (χ3v) is 11.8. The van der Waals surface area contributed by atoms with Gasteiger partial charge in [0.15, 0.2) is 5.60 Å². The molecule has 4 aromatic rings. The van der Waals surface area contributed by atoms with E-state index in [0.717, 1.165) is 40.1 Å². The molecule has 59 heavy (non-hydrogen) atoms. The van der Waals surface area contributed by atoms with Crippen LogP contribution in [0.15, 0.2) is 97.1 Å². The molecule has 4 aromatic carbocycles. The standard InChI is InChI=1S/C47H54N4O8/c1-4-59-39-18-19-42-35(25-39)26-41(48-21-7-8-22-52)45(55)51(42)36-15-10-12-32(23-36)28-50-43-20-17-38(58-3)27-40(43)47(57,46(50)56)31(2)11-9-16-44(54)49-29-34-14-6-5-13-33(34)24-37(49)30-53/h5-6,9-15,17-20,23,25,27,31,37,41,48,52-53,57H,4,7-8,16,21-22,24,26,28-30H2,1-3H3/b11-9+/t31-,37+,41?,47+/m1/s1. The minimum Gasteiger partial charge on any atom is -0.497 e. The molecule has 12 heteroatoms. The molecule has 0 radical (unpaired) electrons. The van der Waals surface area contributed by atoms with Gasteiger partial charge in [0.05, 0.1) is 50.3 Å². The predicted molar refractivity (Wildman–Crippen MR) is 226 cm³/mol. The number of anilines is 3. The van der Waals surface area contributed by atoms with Crippen molar-refractivity contribution < 1.29 is 39.2 Å². The Morgan fingerprint density at radius 1 is 0.932 bits per heavy atom. The maximum absolute atomic E-state index is 14.5. The molecule has 0 spiro atoms. The van der Waals surface area contributed by atoms with E-state index in [1.165, 1.54) is 7.11 Å². The van der Waals surface area contributed by atoms with Gasteiger partial charge in [0.25, 0.3) is 5.91 Å². The number of rotatable bonds is 16. The van der Waals surface area contributed by atoms with Crippen LogP contribution >= 0.6 is 0 Å². The first-order valence-electron chi connectivity index (χ1n) is 20.5. The number of aliphatic hydroxyl groups excluding tert-OH is 2. The second kappa shape index (κ2) is 18.2. The van der Waals surface area contributed by atoms with Crippen LogP contribution < -0.4 is 24.6 Å². The van der Waals surface area contributed by atoms with E-state index in [9.17, 15) is 29.7 Å². The fourth-order valence-electron chi connectivity index (χ4n) is 8.58. The number of aliphatic hydroxyl groups is 3. The van der Waals surface area contributed by atoms with Crippen LogP contribution in [0.5, 0.6) is 11.5 Å². The van der Waals surface area contributed by atoms with Crippen LogP contribution in [-0.4, -0.2) is 83.5 Å². The average molecular weight is 803 g/mol. The molecule has 3 heterocycles. The summed E-state index contributed by atoms with van der Waals surface area (Å²) in [5.41, 5.74) is 4.25. The molecule has 0 saturated heterocycles. The fraction of sp³-hybridized carbons (Fsp3) is 0.383. The average Bonchev–Trinajstić information content (AvgIpc) is 3.46. The Balaban J connectivity index is 1.13. The van der Waals surface area contributed by atoms with Gasteiger partial charge in [-0.15, -0.1) is 0 Å². The molecule has 7 rings (SSSR count). The highest BCUT2D eigenvalue weighted by molar-refractivity contribution is 6.08. The maximum Gasteiger partial charge on any atom is 0.264 e. The van der Waals surface area contributed by atoms with E-state index in [2.05, 4.69) is 5.32 Å². The SMILES string of the molecule is CCOc1ccc2c(c1)CC(NCCCCO)C(=O)N2c1cccc(CN2C(=O)[C@](O)([C@H](C)/C=C/CC(=O)N3Cc4ccccc4C[C@H]3CO)c3cc(OC)ccc32)c1. The summed E-state index contributed by atoms with van der Waals surface area (Å²) in [7, 11) is 1.53. The highest BCUT2D eigenvalue weighted by Gasteiger charge is 2.53. The van der Waals surface area contributed by atoms with E-state index in [1.807, 2.05) is 73.7 Å². The Morgan fingerprint density at radius 3 is 2.47 bits per heavy atom. The van der Waals surface area contributed by atoms with Crippen molar-refractivity contribution in [1.29, 1.82) is 0 Å². The Morgan fingerprint density at radius 2 is 1.71 bits per heavy atom. The number of hydrogen-bond acceptors (Lipinski definition) is 9. The van der Waals surface area contributed by atoms with E-state index in [-0.39, 0.29) is 44.0 Å². The Kier molecular flexibility index (Phi) is 12.8. The molecule has 3 amide bonds. The monoisotopic (exact) mass is 802 g/mol. The fourth-order valence-corrected chi connectivity index (χ4v) is 8.58. The van der Waals surface area contributed by atoms with Gasteiger partial charge in [0.2, 0.25) is 11.8 Å². The summed E-state index contributed by atoms with van der Waals surface area (Å²) in [5, 5.41) is 35.2. The zero-order valence-electron chi connectivity index (χ0n) is 34.0. The molecule has 310 valence electrons. The first-order valence-corrected chi connectivity index (χ1v) is 20.5. The number of methoxy groups -OCH3 is 1. The minimum absolute atomic E-state index is 0.0408. The number of nitrogens with one attached hydrogen (secondary N) is 1. The molecule has 0 aromatic heterocycles. The van der Waals surface area contributed by atoms with Gasteiger partial charge in [-0.25, -0.2) is 0 Å². The molecule has 0 aliphatic carbocycles. The third-order valence-electron chi connectivity index (χ3n) is 11.8. The van der Waals surface area contributed by atoms with Gasteiger partial charge >= 0.3 is 0 Å². The van der Waals surface area contributed by atoms with Crippen LogP contribution in [0.2, 0.25) is 0 Å². The highest BCUT2D eigenvalue weighted by Crippen LogP contribution is 2.47. The molecule has 0 bridgehead atoms. The molecule has 4 atom stereocenters. The summed E-state index contributed by atoms with van der Waals surface area (Å²) >= 11 is 0. The summed E-state index contributed by atoms with van der Waals surface area (Å²) in [6, 6.07) is 25.6. The summed E-state index contributed by atoms with van der Waals surface area (Å²) < 4.78 is 11.3. The number of ether oxygens (including phenoxy) is 2. The van der Waals surface area contributed by atoms with Crippen LogP contribution in [0.3, 0.4) is 0 Å². The molecule has 12 nitrogen and oxygen atoms in total. The number of hydrogen-bond donors (Lipinski definition) is 4. The lowest BCUT2D eigenvalue weighted by molar-refractivity contribution is -0.139. The lowest BCUT2D eigenvalue weighted by Gasteiger charge is -2.36. The molecule has 1 unspecified atom stereocenters. The lowest BCUT2D eigenvalue weighted by atomic mass is 9.82. The molecule has 3 aliphatic heterocycles. The normalized spacial score (nSPS) is 20.4. The van der Waals surface area contributed by atoms with Gasteiger partial charge in [-0.3, -0.25) is 19.3 Å². The second-order valence-electron chi connectivity index (χ2n) is 15.5. The van der Waals surface area contributed by atoms with Crippen LogP contribution in [0.1, 0.15) is 60.9 Å². The largest absolute Gasteiger partial charge is 0.497 e. The second-order valence-corrected chi connectivity index (χ2v) is 15.5. The summed E-state index contributed by atoms with van der Waals surface area (Å²) in [5.74, 6) is -0.293. The highest BCUT2D eigenvalue weighted by atomic mass is 16.5. The molecule has 0 saturated carbocycles. The smallest absolute Gasteiger partial charge is 0.264 e. The molecule has 0 fully saturated rings. The van der Waals surface area contributed by atoms with Crippen molar-refractivity contribution in [2.24, 2.45) is 5.92 Å². The quantitative estimate of drug-likeness (QED) is 0.0874. The van der Waals surface area contributed by atoms with Gasteiger partial charge in [-0.1, -0.05) is 55.5 Å². The van der Waals surface area contributed by atoms with Gasteiger partial charge in [0, 0.05) is 36.7 Å². The van der Waals surface area contributed by atoms with Crippen molar-refractivity contribution in [3.8, 4) is 11.5 Å². The minimum atomic E-state index is -1.96. The number of benzene rings is 4. The number of carbonyl (C=O) groups is 3. The summed E-state index contributed by atoms with van der Waals surface area (Å²) in [4.78, 5) is 47.2. The Hall–Kier alpha value is -5.53.